The molecule has 6 nitrogen and oxygen atoms in total. The Morgan fingerprint density at radius 1 is 1.33 bits per heavy atom. The Morgan fingerprint density at radius 3 is 2.67 bits per heavy atom. The quantitative estimate of drug-likeness (QED) is 0.596. The number of Topliss-reactive ketones (excluding diaryl/α,β-unsaturated/α-hetero) is 1. The topological polar surface area (TPSA) is 84.9 Å². The number of methoxy groups -OCH3 is 1. The van der Waals surface area contributed by atoms with Crippen LogP contribution in [0.2, 0.25) is 0 Å². The molecule has 1 heterocycles. The largest absolute Gasteiger partial charge is 0.503 e. The lowest BCUT2D eigenvalue weighted by molar-refractivity contribution is -0.139. The fourth-order valence-corrected chi connectivity index (χ4v) is 4.69. The van der Waals surface area contributed by atoms with Gasteiger partial charge in [0.2, 0.25) is 0 Å². The van der Waals surface area contributed by atoms with E-state index in [4.69, 9.17) is 9.47 Å². The number of hydrogen-bond donors (Lipinski definition) is 2. The van der Waals surface area contributed by atoms with Crippen LogP contribution in [0.25, 0.3) is 0 Å². The predicted molar refractivity (Wildman–Crippen MR) is 117 cm³/mol. The van der Waals surface area contributed by atoms with E-state index in [-0.39, 0.29) is 22.7 Å². The van der Waals surface area contributed by atoms with Crippen LogP contribution in [0, 0.1) is 5.41 Å². The highest BCUT2D eigenvalue weighted by Gasteiger charge is 2.43. The number of allylic oxidation sites excluding steroid dienone is 3. The Bertz CT molecular complexity index is 961. The van der Waals surface area contributed by atoms with Gasteiger partial charge >= 0.3 is 5.97 Å². The number of phenols is 1. The Kier molecular flexibility index (Phi) is 6.32. The minimum absolute atomic E-state index is 0.00945. The maximum Gasteiger partial charge on any atom is 0.336 e. The first kappa shape index (κ1) is 22.4. The van der Waals surface area contributed by atoms with Gasteiger partial charge in [0.25, 0.3) is 0 Å². The molecule has 0 saturated heterocycles. The Labute approximate surface area is 185 Å². The van der Waals surface area contributed by atoms with Crippen molar-refractivity contribution in [1.29, 1.82) is 0 Å². The van der Waals surface area contributed by atoms with Crippen LogP contribution in [0.1, 0.15) is 58.4 Å². The van der Waals surface area contributed by atoms with Crippen LogP contribution in [0.15, 0.2) is 39.1 Å². The van der Waals surface area contributed by atoms with Crippen LogP contribution >= 0.6 is 15.9 Å². The summed E-state index contributed by atoms with van der Waals surface area (Å²) in [5.41, 5.74) is 3.03. The van der Waals surface area contributed by atoms with E-state index >= 15 is 0 Å². The molecule has 1 unspecified atom stereocenters. The number of phenolic OH excluding ortho intramolecular Hbond substituents is 1. The van der Waals surface area contributed by atoms with E-state index in [1.54, 1.807) is 12.1 Å². The number of aromatic hydroxyl groups is 1. The molecule has 7 heteroatoms. The van der Waals surface area contributed by atoms with Gasteiger partial charge in [0.05, 0.1) is 23.8 Å². The summed E-state index contributed by atoms with van der Waals surface area (Å²) < 4.78 is 11.2. The average Bonchev–Trinajstić information content (AvgIpc) is 2.66. The highest BCUT2D eigenvalue weighted by atomic mass is 79.9. The van der Waals surface area contributed by atoms with Crippen molar-refractivity contribution < 1.29 is 24.2 Å². The molecule has 1 aromatic rings. The van der Waals surface area contributed by atoms with Gasteiger partial charge in [-0.05, 0) is 58.8 Å². The number of benzene rings is 1. The molecule has 0 radical (unpaired) electrons. The third-order valence-electron chi connectivity index (χ3n) is 5.50. The summed E-state index contributed by atoms with van der Waals surface area (Å²) in [6.07, 6.45) is 1.81. The fraction of sp³-hybridized carbons (Fsp3) is 0.478. The van der Waals surface area contributed by atoms with Gasteiger partial charge in [-0.3, -0.25) is 4.79 Å². The number of dihydropyridines is 1. The minimum Gasteiger partial charge on any atom is -0.503 e. The van der Waals surface area contributed by atoms with Crippen molar-refractivity contribution in [1.82, 2.24) is 5.32 Å². The van der Waals surface area contributed by atoms with Gasteiger partial charge in [0.1, 0.15) is 0 Å². The number of rotatable bonds is 5. The van der Waals surface area contributed by atoms with E-state index in [9.17, 15) is 14.7 Å². The first-order valence-corrected chi connectivity index (χ1v) is 10.9. The van der Waals surface area contributed by atoms with Gasteiger partial charge in [0.15, 0.2) is 17.3 Å². The molecule has 0 aromatic heterocycles. The van der Waals surface area contributed by atoms with E-state index in [0.717, 1.165) is 5.70 Å². The average molecular weight is 478 g/mol. The van der Waals surface area contributed by atoms with Crippen molar-refractivity contribution in [2.24, 2.45) is 5.41 Å². The minimum atomic E-state index is -0.597. The molecule has 1 atom stereocenters. The lowest BCUT2D eigenvalue weighted by Crippen LogP contribution is -2.38. The Balaban J connectivity index is 2.21. The summed E-state index contributed by atoms with van der Waals surface area (Å²) in [6, 6.07) is 3.40. The zero-order valence-corrected chi connectivity index (χ0v) is 19.6. The van der Waals surface area contributed by atoms with Gasteiger partial charge in [0, 0.05) is 29.3 Å². The summed E-state index contributed by atoms with van der Waals surface area (Å²) in [5.74, 6) is -0.798. The maximum absolute atomic E-state index is 13.3. The molecule has 0 fully saturated rings. The highest BCUT2D eigenvalue weighted by Crippen LogP contribution is 2.48. The monoisotopic (exact) mass is 477 g/mol. The Morgan fingerprint density at radius 2 is 2.03 bits per heavy atom. The van der Waals surface area contributed by atoms with Gasteiger partial charge in [-0.25, -0.2) is 4.79 Å². The van der Waals surface area contributed by atoms with Crippen LogP contribution in [-0.2, 0) is 14.3 Å². The second-order valence-electron chi connectivity index (χ2n) is 8.62. The van der Waals surface area contributed by atoms with E-state index < -0.39 is 11.9 Å². The molecule has 3 rings (SSSR count). The third-order valence-corrected chi connectivity index (χ3v) is 6.11. The van der Waals surface area contributed by atoms with E-state index in [1.807, 2.05) is 13.8 Å². The second-order valence-corrected chi connectivity index (χ2v) is 9.47. The molecule has 2 aliphatic rings. The zero-order valence-electron chi connectivity index (χ0n) is 18.0. The smallest absolute Gasteiger partial charge is 0.336 e. The molecule has 30 heavy (non-hydrogen) atoms. The summed E-state index contributed by atoms with van der Waals surface area (Å²) in [6.45, 7) is 8.20. The van der Waals surface area contributed by atoms with Crippen molar-refractivity contribution in [3.8, 4) is 11.5 Å². The SMILES string of the molecule is CCCOC(=O)C1=C(C)NC2=C(C(=O)CC(C)(C)C2)C1c1cc(Br)c(O)c(OC)c1. The molecule has 1 aromatic carbocycles. The summed E-state index contributed by atoms with van der Waals surface area (Å²) in [7, 11) is 1.46. The first-order chi connectivity index (χ1) is 14.1. The molecule has 1 aliphatic heterocycles. The number of ether oxygens (including phenoxy) is 2. The van der Waals surface area contributed by atoms with Crippen LogP contribution in [0.3, 0.4) is 0 Å². The molecule has 0 saturated carbocycles. The van der Waals surface area contributed by atoms with Crippen LogP contribution in [0.4, 0.5) is 0 Å². The number of nitrogens with one attached hydrogen (secondary N) is 1. The normalized spacial score (nSPS) is 20.6. The number of carbonyl (C=O) groups is 2. The van der Waals surface area contributed by atoms with E-state index in [0.29, 0.717) is 52.7 Å². The maximum atomic E-state index is 13.3. The van der Waals surface area contributed by atoms with Gasteiger partial charge < -0.3 is 19.9 Å². The highest BCUT2D eigenvalue weighted by molar-refractivity contribution is 9.10. The molecule has 2 N–H and O–H groups in total. The second kappa shape index (κ2) is 8.46. The van der Waals surface area contributed by atoms with Crippen LogP contribution < -0.4 is 10.1 Å². The van der Waals surface area contributed by atoms with Crippen molar-refractivity contribution in [3.63, 3.8) is 0 Å². The molecular weight excluding hydrogens is 450 g/mol. The van der Waals surface area contributed by atoms with Crippen molar-refractivity contribution in [2.75, 3.05) is 13.7 Å². The molecule has 1 aliphatic carbocycles. The van der Waals surface area contributed by atoms with Crippen LogP contribution in [-0.4, -0.2) is 30.6 Å². The number of hydrogen-bond acceptors (Lipinski definition) is 6. The summed E-state index contributed by atoms with van der Waals surface area (Å²) in [4.78, 5) is 26.3. The predicted octanol–water partition coefficient (Wildman–Crippen LogP) is 4.72. The van der Waals surface area contributed by atoms with Crippen molar-refractivity contribution in [2.45, 2.75) is 52.9 Å². The molecule has 0 bridgehead atoms. The number of ketones is 1. The number of esters is 1. The molecule has 162 valence electrons. The molecule has 0 amide bonds. The molecular formula is C23H28BrNO5. The van der Waals surface area contributed by atoms with Gasteiger partial charge in [-0.2, -0.15) is 0 Å². The third kappa shape index (κ3) is 4.13. The van der Waals surface area contributed by atoms with Crippen molar-refractivity contribution in [3.05, 3.63) is 44.7 Å². The lowest BCUT2D eigenvalue weighted by Gasteiger charge is -2.39. The fourth-order valence-electron chi connectivity index (χ4n) is 4.23. The lowest BCUT2D eigenvalue weighted by atomic mass is 9.68. The van der Waals surface area contributed by atoms with E-state index in [2.05, 4.69) is 35.1 Å². The molecule has 0 spiro atoms. The number of carbonyl (C=O) groups excluding carboxylic acids is 2. The van der Waals surface area contributed by atoms with Gasteiger partial charge in [-0.15, -0.1) is 0 Å². The van der Waals surface area contributed by atoms with Crippen LogP contribution in [0.5, 0.6) is 11.5 Å². The van der Waals surface area contributed by atoms with Gasteiger partial charge in [-0.1, -0.05) is 20.8 Å². The summed E-state index contributed by atoms with van der Waals surface area (Å²) >= 11 is 3.36. The summed E-state index contributed by atoms with van der Waals surface area (Å²) in [5, 5.41) is 13.6. The zero-order chi connectivity index (χ0) is 22.2. The Hall–Kier alpha value is -2.28. The standard InChI is InChI=1S/C23H28BrNO5/c1-6-7-30-22(28)18-12(2)25-15-10-23(3,4)11-16(26)20(15)19(18)13-8-14(24)21(27)17(9-13)29-5/h8-9,19,25,27H,6-7,10-11H2,1-5H3. The van der Waals surface area contributed by atoms with E-state index in [1.165, 1.54) is 7.11 Å². The van der Waals surface area contributed by atoms with Crippen molar-refractivity contribution >= 4 is 27.7 Å². The number of halogens is 1. The first-order valence-electron chi connectivity index (χ1n) is 10.1.